The van der Waals surface area contributed by atoms with Crippen molar-refractivity contribution in [3.05, 3.63) is 0 Å². The Bertz CT molecular complexity index is 143. The first-order valence-corrected chi connectivity index (χ1v) is 5.37. The Morgan fingerprint density at radius 3 is 3.09 bits per heavy atom. The van der Waals surface area contributed by atoms with Crippen molar-refractivity contribution in [2.45, 2.75) is 17.7 Å². The van der Waals surface area contributed by atoms with Gasteiger partial charge in [-0.2, -0.15) is 0 Å². The first kappa shape index (κ1) is 7.90. The van der Waals surface area contributed by atoms with E-state index in [9.17, 15) is 0 Å². The average molecular weight is 172 g/mol. The van der Waals surface area contributed by atoms with E-state index >= 15 is 0 Å². The van der Waals surface area contributed by atoms with Crippen LogP contribution in [0.4, 0.5) is 0 Å². The van der Waals surface area contributed by atoms with Crippen LogP contribution in [-0.2, 0) is 0 Å². The van der Waals surface area contributed by atoms with Crippen LogP contribution >= 0.6 is 11.8 Å². The molecule has 0 aromatic rings. The van der Waals surface area contributed by atoms with Crippen LogP contribution in [0.1, 0.15) is 12.8 Å². The Labute approximate surface area is 72.7 Å². The first-order valence-electron chi connectivity index (χ1n) is 4.38. The van der Waals surface area contributed by atoms with Gasteiger partial charge < -0.3 is 10.2 Å². The number of rotatable bonds is 0. The number of likely N-dealkylation sites (N-methyl/N-ethyl adjacent to an activating group) is 1. The standard InChI is InChI=1S/C8H16N2S/c1-10-5-2-3-8(7-10)9-4-6-11-8/h9H,2-7H2,1H3. The lowest BCUT2D eigenvalue weighted by Crippen LogP contribution is -2.50. The Hall–Kier alpha value is 0.270. The molecule has 1 unspecified atom stereocenters. The molecule has 11 heavy (non-hydrogen) atoms. The molecule has 0 radical (unpaired) electrons. The fourth-order valence-corrected chi connectivity index (χ4v) is 3.47. The summed E-state index contributed by atoms with van der Waals surface area (Å²) in [5.41, 5.74) is 0. The van der Waals surface area contributed by atoms with E-state index in [0.717, 1.165) is 0 Å². The van der Waals surface area contributed by atoms with Crippen LogP contribution in [0.2, 0.25) is 0 Å². The molecule has 0 amide bonds. The molecule has 3 heteroatoms. The highest BCUT2D eigenvalue weighted by molar-refractivity contribution is 8.00. The predicted octanol–water partition coefficient (Wildman–Crippen LogP) is 0.745. The van der Waals surface area contributed by atoms with E-state index in [1.54, 1.807) is 0 Å². The first-order chi connectivity index (χ1) is 5.31. The molecule has 2 aliphatic heterocycles. The van der Waals surface area contributed by atoms with E-state index in [2.05, 4.69) is 29.0 Å². The molecule has 2 heterocycles. The van der Waals surface area contributed by atoms with Crippen LogP contribution in [0.15, 0.2) is 0 Å². The van der Waals surface area contributed by atoms with E-state index in [1.807, 2.05) is 0 Å². The van der Waals surface area contributed by atoms with Crippen molar-refractivity contribution in [3.63, 3.8) is 0 Å². The lowest BCUT2D eigenvalue weighted by molar-refractivity contribution is 0.215. The van der Waals surface area contributed by atoms with Crippen LogP contribution in [0, 0.1) is 0 Å². The molecule has 1 spiro atoms. The Morgan fingerprint density at radius 2 is 2.45 bits per heavy atom. The van der Waals surface area contributed by atoms with Gasteiger partial charge in [0.15, 0.2) is 0 Å². The van der Waals surface area contributed by atoms with E-state index in [4.69, 9.17) is 0 Å². The third-order valence-corrected chi connectivity index (χ3v) is 4.01. The van der Waals surface area contributed by atoms with E-state index in [0.29, 0.717) is 4.87 Å². The Morgan fingerprint density at radius 1 is 1.55 bits per heavy atom. The minimum Gasteiger partial charge on any atom is -0.304 e. The van der Waals surface area contributed by atoms with Gasteiger partial charge in [-0.15, -0.1) is 11.8 Å². The second kappa shape index (κ2) is 2.96. The molecule has 2 nitrogen and oxygen atoms in total. The van der Waals surface area contributed by atoms with E-state index in [1.165, 1.54) is 38.2 Å². The summed E-state index contributed by atoms with van der Waals surface area (Å²) in [7, 11) is 2.22. The number of hydrogen-bond acceptors (Lipinski definition) is 3. The molecule has 0 bridgehead atoms. The third-order valence-electron chi connectivity index (χ3n) is 2.57. The highest BCUT2D eigenvalue weighted by Crippen LogP contribution is 2.34. The third kappa shape index (κ3) is 1.55. The number of hydrogen-bond donors (Lipinski definition) is 1. The van der Waals surface area contributed by atoms with Gasteiger partial charge in [0.05, 0.1) is 4.87 Å². The van der Waals surface area contributed by atoms with Crippen molar-refractivity contribution < 1.29 is 0 Å². The molecule has 1 N–H and O–H groups in total. The molecule has 2 saturated heterocycles. The van der Waals surface area contributed by atoms with Crippen LogP contribution in [0.3, 0.4) is 0 Å². The van der Waals surface area contributed by atoms with Gasteiger partial charge in [-0.1, -0.05) is 0 Å². The summed E-state index contributed by atoms with van der Waals surface area (Å²) in [5, 5.41) is 3.62. The summed E-state index contributed by atoms with van der Waals surface area (Å²) in [4.78, 5) is 2.88. The van der Waals surface area contributed by atoms with Crippen molar-refractivity contribution in [1.82, 2.24) is 10.2 Å². The van der Waals surface area contributed by atoms with Gasteiger partial charge in [0.25, 0.3) is 0 Å². The molecule has 0 aromatic carbocycles. The summed E-state index contributed by atoms with van der Waals surface area (Å²) >= 11 is 2.12. The van der Waals surface area contributed by atoms with Crippen molar-refractivity contribution in [2.75, 3.05) is 32.4 Å². The topological polar surface area (TPSA) is 15.3 Å². The summed E-state index contributed by atoms with van der Waals surface area (Å²) in [6.07, 6.45) is 2.72. The van der Waals surface area contributed by atoms with Gasteiger partial charge in [0, 0.05) is 18.8 Å². The number of nitrogens with zero attached hydrogens (tertiary/aromatic N) is 1. The molecular weight excluding hydrogens is 156 g/mol. The van der Waals surface area contributed by atoms with E-state index < -0.39 is 0 Å². The molecule has 0 saturated carbocycles. The molecule has 2 fully saturated rings. The highest BCUT2D eigenvalue weighted by atomic mass is 32.2. The molecule has 2 rings (SSSR count). The second-order valence-corrected chi connectivity index (χ2v) is 5.09. The van der Waals surface area contributed by atoms with Crippen molar-refractivity contribution >= 4 is 11.8 Å². The Kier molecular flexibility index (Phi) is 2.12. The lowest BCUT2D eigenvalue weighted by atomic mass is 10.1. The lowest BCUT2D eigenvalue weighted by Gasteiger charge is -2.37. The maximum absolute atomic E-state index is 3.62. The minimum absolute atomic E-state index is 0.438. The SMILES string of the molecule is CN1CCCC2(C1)NCCS2. The summed E-state index contributed by atoms with van der Waals surface area (Å²) in [6, 6.07) is 0. The van der Waals surface area contributed by atoms with Gasteiger partial charge in [-0.25, -0.2) is 0 Å². The molecule has 0 aromatic heterocycles. The molecule has 2 aliphatic rings. The zero-order chi connectivity index (χ0) is 7.73. The van der Waals surface area contributed by atoms with Gasteiger partial charge in [-0.05, 0) is 26.4 Å². The summed E-state index contributed by atoms with van der Waals surface area (Å²) in [6.45, 7) is 3.72. The zero-order valence-electron chi connectivity index (χ0n) is 7.10. The summed E-state index contributed by atoms with van der Waals surface area (Å²) < 4.78 is 0. The predicted molar refractivity (Wildman–Crippen MR) is 49.9 cm³/mol. The normalized spacial score (nSPS) is 40.1. The van der Waals surface area contributed by atoms with Crippen LogP contribution < -0.4 is 5.32 Å². The average Bonchev–Trinajstić information content (AvgIpc) is 2.37. The number of likely N-dealkylation sites (tertiary alicyclic amines) is 1. The maximum Gasteiger partial charge on any atom is 0.0774 e. The largest absolute Gasteiger partial charge is 0.304 e. The van der Waals surface area contributed by atoms with Crippen molar-refractivity contribution in [3.8, 4) is 0 Å². The fourth-order valence-electron chi connectivity index (χ4n) is 2.07. The maximum atomic E-state index is 3.62. The van der Waals surface area contributed by atoms with E-state index in [-0.39, 0.29) is 0 Å². The van der Waals surface area contributed by atoms with Crippen molar-refractivity contribution in [1.29, 1.82) is 0 Å². The highest BCUT2D eigenvalue weighted by Gasteiger charge is 2.37. The molecule has 1 atom stereocenters. The van der Waals surface area contributed by atoms with Gasteiger partial charge >= 0.3 is 0 Å². The quantitative estimate of drug-likeness (QED) is 0.580. The smallest absolute Gasteiger partial charge is 0.0774 e. The molecular formula is C8H16N2S. The van der Waals surface area contributed by atoms with Gasteiger partial charge in [0.1, 0.15) is 0 Å². The van der Waals surface area contributed by atoms with Crippen LogP contribution in [0.25, 0.3) is 0 Å². The molecule has 64 valence electrons. The summed E-state index contributed by atoms with van der Waals surface area (Å²) in [5.74, 6) is 1.30. The number of thioether (sulfide) groups is 1. The van der Waals surface area contributed by atoms with Crippen LogP contribution in [0.5, 0.6) is 0 Å². The number of piperidine rings is 1. The minimum atomic E-state index is 0.438. The van der Waals surface area contributed by atoms with Gasteiger partial charge in [-0.3, -0.25) is 0 Å². The van der Waals surface area contributed by atoms with Crippen molar-refractivity contribution in [2.24, 2.45) is 0 Å². The molecule has 0 aliphatic carbocycles. The van der Waals surface area contributed by atoms with Gasteiger partial charge in [0.2, 0.25) is 0 Å². The fraction of sp³-hybridized carbons (Fsp3) is 1.00. The zero-order valence-corrected chi connectivity index (χ0v) is 7.91. The number of nitrogens with one attached hydrogen (secondary N) is 1. The Balaban J connectivity index is 2.00. The second-order valence-electron chi connectivity index (χ2n) is 3.61. The monoisotopic (exact) mass is 172 g/mol. The van der Waals surface area contributed by atoms with Crippen LogP contribution in [-0.4, -0.2) is 42.2 Å².